The van der Waals surface area contributed by atoms with E-state index in [1.54, 1.807) is 6.20 Å². The maximum atomic E-state index is 5.74. The summed E-state index contributed by atoms with van der Waals surface area (Å²) in [6.45, 7) is 11.0. The van der Waals surface area contributed by atoms with Gasteiger partial charge in [0.05, 0.1) is 13.2 Å². The Morgan fingerprint density at radius 1 is 1.33 bits per heavy atom. The summed E-state index contributed by atoms with van der Waals surface area (Å²) in [7, 11) is 0. The Labute approximate surface area is 180 Å². The molecule has 0 bridgehead atoms. The molecule has 0 unspecified atom stereocenters. The quantitative estimate of drug-likeness (QED) is 0.203. The van der Waals surface area contributed by atoms with E-state index < -0.39 is 0 Å². The van der Waals surface area contributed by atoms with Crippen LogP contribution in [0.25, 0.3) is 0 Å². The van der Waals surface area contributed by atoms with Crippen LogP contribution in [0, 0.1) is 11.8 Å². The fourth-order valence-electron chi connectivity index (χ4n) is 2.33. The van der Waals surface area contributed by atoms with Gasteiger partial charge in [0.15, 0.2) is 5.96 Å². The smallest absolute Gasteiger partial charge is 0.213 e. The minimum Gasteiger partial charge on any atom is -0.477 e. The summed E-state index contributed by atoms with van der Waals surface area (Å²) in [6.07, 6.45) is 5.32. The molecule has 0 aliphatic heterocycles. The molecule has 2 rings (SSSR count). The van der Waals surface area contributed by atoms with E-state index in [1.165, 1.54) is 12.8 Å². The van der Waals surface area contributed by atoms with E-state index in [-0.39, 0.29) is 24.0 Å². The fourth-order valence-corrected chi connectivity index (χ4v) is 2.33. The summed E-state index contributed by atoms with van der Waals surface area (Å²) >= 11 is 0. The summed E-state index contributed by atoms with van der Waals surface area (Å²) in [5, 5.41) is 6.63. The molecule has 2 N–H and O–H groups in total. The van der Waals surface area contributed by atoms with Gasteiger partial charge in [-0.15, -0.1) is 24.0 Å². The van der Waals surface area contributed by atoms with E-state index in [1.807, 2.05) is 12.1 Å². The van der Waals surface area contributed by atoms with Gasteiger partial charge in [0.1, 0.15) is 0 Å². The molecule has 1 heterocycles. The number of nitrogens with one attached hydrogen (secondary N) is 2. The average molecular weight is 490 g/mol. The lowest BCUT2D eigenvalue weighted by Gasteiger charge is -2.12. The summed E-state index contributed by atoms with van der Waals surface area (Å²) < 4.78 is 11.3. The molecular weight excluding hydrogens is 455 g/mol. The van der Waals surface area contributed by atoms with Crippen LogP contribution in [-0.2, 0) is 11.3 Å². The highest BCUT2D eigenvalue weighted by molar-refractivity contribution is 14.0. The number of rotatable bonds is 12. The van der Waals surface area contributed by atoms with Crippen LogP contribution in [0.1, 0.15) is 45.6 Å². The summed E-state index contributed by atoms with van der Waals surface area (Å²) in [5.41, 5.74) is 1.10. The summed E-state index contributed by atoms with van der Waals surface area (Å²) in [5.74, 6) is 2.84. The number of pyridine rings is 1. The van der Waals surface area contributed by atoms with Gasteiger partial charge in [0, 0.05) is 38.6 Å². The summed E-state index contributed by atoms with van der Waals surface area (Å²) in [4.78, 5) is 8.93. The van der Waals surface area contributed by atoms with Crippen molar-refractivity contribution in [3.8, 4) is 5.88 Å². The van der Waals surface area contributed by atoms with E-state index in [2.05, 4.69) is 41.4 Å². The maximum Gasteiger partial charge on any atom is 0.213 e. The van der Waals surface area contributed by atoms with Crippen LogP contribution in [0.2, 0.25) is 0 Å². The van der Waals surface area contributed by atoms with E-state index in [9.17, 15) is 0 Å². The van der Waals surface area contributed by atoms with Gasteiger partial charge in [-0.1, -0.05) is 13.8 Å². The van der Waals surface area contributed by atoms with Gasteiger partial charge in [-0.3, -0.25) is 0 Å². The third-order valence-electron chi connectivity index (χ3n) is 3.94. The van der Waals surface area contributed by atoms with Crippen LogP contribution in [-0.4, -0.2) is 43.9 Å². The highest BCUT2D eigenvalue weighted by Crippen LogP contribution is 2.29. The highest BCUT2D eigenvalue weighted by atomic mass is 127. The first-order valence-electron chi connectivity index (χ1n) is 9.85. The minimum absolute atomic E-state index is 0. The van der Waals surface area contributed by atoms with Crippen molar-refractivity contribution in [1.82, 2.24) is 15.6 Å². The van der Waals surface area contributed by atoms with Crippen molar-refractivity contribution in [1.29, 1.82) is 0 Å². The Hall–Kier alpha value is -1.09. The zero-order chi connectivity index (χ0) is 18.6. The molecule has 1 aromatic rings. The van der Waals surface area contributed by atoms with Crippen LogP contribution < -0.4 is 15.4 Å². The number of ether oxygens (including phenoxy) is 2. The zero-order valence-electron chi connectivity index (χ0n) is 16.9. The third-order valence-corrected chi connectivity index (χ3v) is 3.94. The van der Waals surface area contributed by atoms with Gasteiger partial charge in [0.25, 0.3) is 0 Å². The first kappa shape index (κ1) is 23.9. The molecular formula is C20H35IN4O2. The lowest BCUT2D eigenvalue weighted by Crippen LogP contribution is -2.38. The molecule has 0 saturated heterocycles. The molecule has 0 atom stereocenters. The molecule has 154 valence electrons. The zero-order valence-corrected chi connectivity index (χ0v) is 19.2. The number of hydrogen-bond acceptors (Lipinski definition) is 4. The Morgan fingerprint density at radius 3 is 2.85 bits per heavy atom. The van der Waals surface area contributed by atoms with Crippen molar-refractivity contribution < 1.29 is 9.47 Å². The molecule has 0 amide bonds. The van der Waals surface area contributed by atoms with Crippen LogP contribution >= 0.6 is 24.0 Å². The number of guanidine groups is 1. The number of aromatic nitrogens is 1. The monoisotopic (exact) mass is 490 g/mol. The van der Waals surface area contributed by atoms with Crippen LogP contribution in [0.4, 0.5) is 0 Å². The third kappa shape index (κ3) is 11.4. The van der Waals surface area contributed by atoms with Crippen molar-refractivity contribution in [2.45, 2.75) is 46.6 Å². The second-order valence-electron chi connectivity index (χ2n) is 7.20. The molecule has 1 aromatic heterocycles. The Kier molecular flexibility index (Phi) is 12.4. The standard InChI is InChI=1S/C20H34N4O2.HI/c1-4-21-20(23-9-5-11-25-14-16(2)3)24-13-18-8-10-22-19(12-18)26-15-17-6-7-17;/h8,10,12,16-17H,4-7,9,11,13-15H2,1-3H3,(H2,21,23,24);1H. The first-order chi connectivity index (χ1) is 12.7. The Morgan fingerprint density at radius 2 is 2.15 bits per heavy atom. The molecule has 1 aliphatic carbocycles. The lowest BCUT2D eigenvalue weighted by atomic mass is 10.2. The van der Waals surface area contributed by atoms with Gasteiger partial charge in [-0.2, -0.15) is 0 Å². The Bertz CT molecular complexity index is 551. The van der Waals surface area contributed by atoms with Crippen molar-refractivity contribution in [3.63, 3.8) is 0 Å². The SMILES string of the molecule is CCNC(=NCc1ccnc(OCC2CC2)c1)NCCCOCC(C)C.I. The van der Waals surface area contributed by atoms with Crippen molar-refractivity contribution in [3.05, 3.63) is 23.9 Å². The van der Waals surface area contributed by atoms with Crippen LogP contribution in [0.3, 0.4) is 0 Å². The molecule has 0 radical (unpaired) electrons. The number of hydrogen-bond donors (Lipinski definition) is 2. The van der Waals surface area contributed by atoms with E-state index in [0.29, 0.717) is 18.3 Å². The second-order valence-corrected chi connectivity index (χ2v) is 7.20. The summed E-state index contributed by atoms with van der Waals surface area (Å²) in [6, 6.07) is 3.96. The normalized spacial score (nSPS) is 14.0. The Balaban J connectivity index is 0.00000364. The van der Waals surface area contributed by atoms with Crippen LogP contribution in [0.5, 0.6) is 5.88 Å². The number of aliphatic imine (C=N–C) groups is 1. The molecule has 0 spiro atoms. The maximum absolute atomic E-state index is 5.74. The molecule has 1 aliphatic rings. The first-order valence-corrected chi connectivity index (χ1v) is 9.85. The predicted molar refractivity (Wildman–Crippen MR) is 121 cm³/mol. The molecule has 6 nitrogen and oxygen atoms in total. The predicted octanol–water partition coefficient (Wildman–Crippen LogP) is 3.61. The molecule has 7 heteroatoms. The van der Waals surface area contributed by atoms with Gasteiger partial charge in [-0.25, -0.2) is 9.98 Å². The lowest BCUT2D eigenvalue weighted by molar-refractivity contribution is 0.108. The average Bonchev–Trinajstić information content (AvgIpc) is 3.45. The molecule has 1 fully saturated rings. The van der Waals surface area contributed by atoms with E-state index in [4.69, 9.17) is 9.47 Å². The van der Waals surface area contributed by atoms with Crippen molar-refractivity contribution >= 4 is 29.9 Å². The van der Waals surface area contributed by atoms with Gasteiger partial charge < -0.3 is 20.1 Å². The van der Waals surface area contributed by atoms with Crippen molar-refractivity contribution in [2.75, 3.05) is 32.9 Å². The van der Waals surface area contributed by atoms with Gasteiger partial charge in [0.2, 0.25) is 5.88 Å². The highest BCUT2D eigenvalue weighted by Gasteiger charge is 2.22. The topological polar surface area (TPSA) is 67.8 Å². The largest absolute Gasteiger partial charge is 0.477 e. The van der Waals surface area contributed by atoms with E-state index in [0.717, 1.165) is 56.8 Å². The van der Waals surface area contributed by atoms with Gasteiger partial charge in [-0.05, 0) is 49.7 Å². The van der Waals surface area contributed by atoms with Crippen molar-refractivity contribution in [2.24, 2.45) is 16.8 Å². The minimum atomic E-state index is 0. The molecule has 27 heavy (non-hydrogen) atoms. The second kappa shape index (κ2) is 14.0. The fraction of sp³-hybridized carbons (Fsp3) is 0.700. The number of nitrogens with zero attached hydrogens (tertiary/aromatic N) is 2. The van der Waals surface area contributed by atoms with E-state index >= 15 is 0 Å². The molecule has 0 aromatic carbocycles. The molecule has 1 saturated carbocycles. The number of halogens is 1. The van der Waals surface area contributed by atoms with Crippen LogP contribution in [0.15, 0.2) is 23.3 Å². The van der Waals surface area contributed by atoms with Gasteiger partial charge >= 0.3 is 0 Å².